The molecule has 0 aliphatic heterocycles. The Morgan fingerprint density at radius 1 is 0.291 bits per heavy atom. The van der Waals surface area contributed by atoms with Crippen LogP contribution in [0.4, 0.5) is 0 Å². The molecule has 0 radical (unpaired) electrons. The second-order valence-corrected chi connectivity index (χ2v) is 24.1. The molecule has 0 bridgehead atoms. The van der Waals surface area contributed by atoms with Gasteiger partial charge in [0.15, 0.2) is 8.07 Å². The second-order valence-electron chi connectivity index (χ2n) is 20.3. The smallest absolute Gasteiger partial charge is 0.241 e. The zero-order valence-corrected chi connectivity index (χ0v) is 43.5. The maximum atomic E-state index is 10.1. The van der Waals surface area contributed by atoms with Crippen LogP contribution in [0.1, 0.15) is 5.56 Å². The quantitative estimate of drug-likeness (QED) is 0.112. The molecule has 0 amide bonds. The minimum Gasteiger partial charge on any atom is -0.309 e. The zero-order chi connectivity index (χ0) is 52.2. The number of nitriles is 1. The normalized spacial score (nSPS) is 12.0. The van der Waals surface area contributed by atoms with Crippen molar-refractivity contribution in [3.05, 3.63) is 272 Å². The van der Waals surface area contributed by atoms with Gasteiger partial charge in [0.05, 0.1) is 55.8 Å². The Morgan fingerprint density at radius 2 is 0.684 bits per heavy atom. The molecule has 5 heterocycles. The lowest BCUT2D eigenvalue weighted by molar-refractivity contribution is 0.848. The molecule has 0 saturated heterocycles. The minimum atomic E-state index is -2.89. The fourth-order valence-corrected chi connectivity index (χ4v) is 17.8. The molecule has 0 saturated carbocycles. The van der Waals surface area contributed by atoms with Crippen molar-refractivity contribution < 1.29 is 0 Å². The third-order valence-corrected chi connectivity index (χ3v) is 21.0. The van der Waals surface area contributed by atoms with Gasteiger partial charge in [-0.15, -0.1) is 0 Å². The summed E-state index contributed by atoms with van der Waals surface area (Å²) in [6.07, 6.45) is 0. The van der Waals surface area contributed by atoms with Gasteiger partial charge in [0, 0.05) is 48.8 Å². The number of aromatic nitrogens is 7. The van der Waals surface area contributed by atoms with Gasteiger partial charge >= 0.3 is 0 Å². The Kier molecular flexibility index (Phi) is 9.85. The Morgan fingerprint density at radius 3 is 1.20 bits per heavy atom. The summed E-state index contributed by atoms with van der Waals surface area (Å²) in [5.41, 5.74) is 9.57. The zero-order valence-electron chi connectivity index (χ0n) is 42.5. The molecule has 368 valence electrons. The average Bonchev–Trinajstić information content (AvgIpc) is 4.39. The number of benzene rings is 11. The fraction of sp³-hybridized carbons (Fsp3) is 0. The van der Waals surface area contributed by atoms with E-state index in [0.29, 0.717) is 23.4 Å². The third-order valence-electron chi connectivity index (χ3n) is 16.2. The highest BCUT2D eigenvalue weighted by Crippen LogP contribution is 2.42. The highest BCUT2D eigenvalue weighted by molar-refractivity contribution is 7.19. The molecular formula is C70H44N8Si. The SMILES string of the molecule is N#Cc1ccc2c(c1)c1ccccc1n2-c1nc(-n2c3ccccc3c3ccccc32)nc(-n2c3ccccc3c3ccc4c(c5ccccc5n4-c4cccc([Si](c5ccccc5)(c5ccccc5)c5ccccc5)c4)c32)n1. The van der Waals surface area contributed by atoms with Gasteiger partial charge in [-0.3, -0.25) is 13.7 Å². The van der Waals surface area contributed by atoms with Crippen LogP contribution < -0.4 is 20.7 Å². The van der Waals surface area contributed by atoms with E-state index in [1.165, 1.54) is 20.7 Å². The molecular weight excluding hydrogens is 981 g/mol. The van der Waals surface area contributed by atoms with E-state index >= 15 is 0 Å². The predicted octanol–water partition coefficient (Wildman–Crippen LogP) is 13.5. The van der Waals surface area contributed by atoms with Crippen LogP contribution in [0.5, 0.6) is 0 Å². The third kappa shape index (κ3) is 6.50. The summed E-state index contributed by atoms with van der Waals surface area (Å²) >= 11 is 0. The number of nitrogens with zero attached hydrogens (tertiary/aromatic N) is 8. The second kappa shape index (κ2) is 17.4. The van der Waals surface area contributed by atoms with Crippen LogP contribution in [0, 0.1) is 11.3 Å². The lowest BCUT2D eigenvalue weighted by Gasteiger charge is -2.34. The Balaban J connectivity index is 1.01. The molecule has 0 unspecified atom stereocenters. The van der Waals surface area contributed by atoms with Crippen molar-refractivity contribution in [2.75, 3.05) is 0 Å². The van der Waals surface area contributed by atoms with Crippen molar-refractivity contribution in [3.63, 3.8) is 0 Å². The molecule has 0 aliphatic rings. The molecule has 0 spiro atoms. The highest BCUT2D eigenvalue weighted by atomic mass is 28.3. The summed E-state index contributed by atoms with van der Waals surface area (Å²) in [7, 11) is -2.89. The predicted molar refractivity (Wildman–Crippen MR) is 326 cm³/mol. The van der Waals surface area contributed by atoms with Crippen LogP contribution in [0.2, 0.25) is 0 Å². The van der Waals surface area contributed by atoms with E-state index in [9.17, 15) is 5.26 Å². The van der Waals surface area contributed by atoms with Crippen LogP contribution in [0.25, 0.3) is 111 Å². The molecule has 5 aromatic heterocycles. The molecule has 9 heteroatoms. The van der Waals surface area contributed by atoms with Crippen molar-refractivity contribution in [2.45, 2.75) is 0 Å². The number of hydrogen-bond acceptors (Lipinski definition) is 4. The molecule has 79 heavy (non-hydrogen) atoms. The summed E-state index contributed by atoms with van der Waals surface area (Å²) in [5.74, 6) is 1.42. The van der Waals surface area contributed by atoms with E-state index in [2.05, 4.69) is 261 Å². The standard InChI is InChI=1S/C70H44N8Si/c71-45-46-39-41-64-58(43-46)55-32-13-17-36-61(55)77(64)69-72-68(76-59-34-15-10-29-52(59)53-30-11-16-35-60(53)76)73-70(74-69)78-62-37-18-12-31-54(62)56-40-42-65-66(67(56)78)57-33-14-19-38-63(57)75(65)47-21-20-28-51(44-47)79(48-22-4-1-5-23-48,49-24-6-2-7-25-49)50-26-8-3-9-27-50/h1-44H. The van der Waals surface area contributed by atoms with Crippen molar-refractivity contribution in [3.8, 4) is 29.6 Å². The number of para-hydroxylation sites is 5. The maximum absolute atomic E-state index is 10.1. The maximum Gasteiger partial charge on any atom is 0.241 e. The van der Waals surface area contributed by atoms with Gasteiger partial charge in [0.1, 0.15) is 0 Å². The van der Waals surface area contributed by atoms with Crippen molar-refractivity contribution in [2.24, 2.45) is 0 Å². The molecule has 0 N–H and O–H groups in total. The first-order valence-electron chi connectivity index (χ1n) is 26.6. The van der Waals surface area contributed by atoms with Crippen LogP contribution in [-0.4, -0.2) is 41.3 Å². The number of fused-ring (bicyclic) bond motifs is 13. The molecule has 16 aromatic rings. The van der Waals surface area contributed by atoms with Gasteiger partial charge in [-0.05, 0) is 87.5 Å². The van der Waals surface area contributed by atoms with Crippen LogP contribution in [0.3, 0.4) is 0 Å². The van der Waals surface area contributed by atoms with Gasteiger partial charge in [-0.2, -0.15) is 20.2 Å². The molecule has 8 nitrogen and oxygen atoms in total. The molecule has 16 rings (SSSR count). The van der Waals surface area contributed by atoms with E-state index < -0.39 is 8.07 Å². The van der Waals surface area contributed by atoms with Gasteiger partial charge in [0.2, 0.25) is 17.8 Å². The average molecular weight is 1030 g/mol. The van der Waals surface area contributed by atoms with Crippen LogP contribution >= 0.6 is 0 Å². The number of rotatable bonds is 8. The van der Waals surface area contributed by atoms with Crippen molar-refractivity contribution >= 4 is 116 Å². The summed E-state index contributed by atoms with van der Waals surface area (Å²) in [5, 5.41) is 23.9. The van der Waals surface area contributed by atoms with E-state index in [0.717, 1.165) is 92.9 Å². The van der Waals surface area contributed by atoms with Crippen LogP contribution in [-0.2, 0) is 0 Å². The van der Waals surface area contributed by atoms with Gasteiger partial charge in [-0.25, -0.2) is 0 Å². The summed E-state index contributed by atoms with van der Waals surface area (Å²) in [6, 6.07) is 98.1. The number of hydrogen-bond donors (Lipinski definition) is 0. The molecule has 0 atom stereocenters. The first kappa shape index (κ1) is 44.6. The van der Waals surface area contributed by atoms with E-state index in [-0.39, 0.29) is 0 Å². The summed E-state index contributed by atoms with van der Waals surface area (Å²) in [4.78, 5) is 16.8. The van der Waals surface area contributed by atoms with Crippen molar-refractivity contribution in [1.82, 2.24) is 33.2 Å². The lowest BCUT2D eigenvalue weighted by atomic mass is 10.1. The largest absolute Gasteiger partial charge is 0.309 e. The summed E-state index contributed by atoms with van der Waals surface area (Å²) < 4.78 is 9.02. The molecule has 11 aromatic carbocycles. The Bertz CT molecular complexity index is 5010. The first-order chi connectivity index (χ1) is 39.2. The molecule has 0 fully saturated rings. The first-order valence-corrected chi connectivity index (χ1v) is 28.6. The van der Waals surface area contributed by atoms with Crippen molar-refractivity contribution in [1.29, 1.82) is 5.26 Å². The van der Waals surface area contributed by atoms with Crippen LogP contribution in [0.15, 0.2) is 267 Å². The minimum absolute atomic E-state index is 0.456. The Hall–Kier alpha value is -10.7. The highest BCUT2D eigenvalue weighted by Gasteiger charge is 2.41. The van der Waals surface area contributed by atoms with E-state index in [1.807, 2.05) is 30.3 Å². The van der Waals surface area contributed by atoms with Gasteiger partial charge in [0.25, 0.3) is 0 Å². The molecule has 0 aliphatic carbocycles. The van der Waals surface area contributed by atoms with Gasteiger partial charge < -0.3 is 4.57 Å². The Labute approximate surface area is 454 Å². The lowest BCUT2D eigenvalue weighted by Crippen LogP contribution is -2.74. The topological polar surface area (TPSA) is 82.2 Å². The monoisotopic (exact) mass is 1020 g/mol. The fourth-order valence-electron chi connectivity index (χ4n) is 13.0. The van der Waals surface area contributed by atoms with Gasteiger partial charge in [-0.1, -0.05) is 200 Å². The summed E-state index contributed by atoms with van der Waals surface area (Å²) in [6.45, 7) is 0. The van der Waals surface area contributed by atoms with E-state index in [4.69, 9.17) is 15.0 Å². The van der Waals surface area contributed by atoms with E-state index in [1.54, 1.807) is 0 Å².